The molecule has 5 nitrogen and oxygen atoms in total. The number of benzene rings is 1. The predicted octanol–water partition coefficient (Wildman–Crippen LogP) is 1.68. The van der Waals surface area contributed by atoms with Crippen LogP contribution in [0.4, 0.5) is 0 Å². The summed E-state index contributed by atoms with van der Waals surface area (Å²) in [5, 5.41) is 0. The van der Waals surface area contributed by atoms with Crippen LogP contribution in [0, 0.1) is 0 Å². The van der Waals surface area contributed by atoms with E-state index >= 15 is 0 Å². The van der Waals surface area contributed by atoms with Crippen molar-refractivity contribution in [2.75, 3.05) is 19.6 Å². The molecule has 1 aliphatic rings. The molecule has 1 fully saturated rings. The van der Waals surface area contributed by atoms with Crippen molar-refractivity contribution >= 4 is 16.9 Å². The van der Waals surface area contributed by atoms with Crippen molar-refractivity contribution in [2.24, 2.45) is 5.73 Å². The SMILES string of the molecule is CC(C)(C)c1nc2ccccc2n1C1CN(CC(N)=O)C1. The maximum Gasteiger partial charge on any atom is 0.231 e. The van der Waals surface area contributed by atoms with Crippen LogP contribution in [0.25, 0.3) is 11.0 Å². The third-order valence-corrected chi connectivity index (χ3v) is 3.95. The number of nitrogens with two attached hydrogens (primary N) is 1. The lowest BCUT2D eigenvalue weighted by Gasteiger charge is -2.41. The van der Waals surface area contributed by atoms with Crippen LogP contribution in [-0.2, 0) is 10.2 Å². The van der Waals surface area contributed by atoms with Gasteiger partial charge in [0.2, 0.25) is 5.91 Å². The maximum absolute atomic E-state index is 11.0. The molecule has 21 heavy (non-hydrogen) atoms. The van der Waals surface area contributed by atoms with E-state index in [1.807, 2.05) is 12.1 Å². The lowest BCUT2D eigenvalue weighted by atomic mass is 9.94. The number of rotatable bonds is 3. The molecule has 1 amide bonds. The number of para-hydroxylation sites is 2. The molecule has 2 N–H and O–H groups in total. The standard InChI is InChI=1S/C16H22N4O/c1-16(2,3)15-18-12-6-4-5-7-13(12)20(15)11-8-19(9-11)10-14(17)21/h4-7,11H,8-10H2,1-3H3,(H2,17,21). The third-order valence-electron chi connectivity index (χ3n) is 3.95. The zero-order valence-corrected chi connectivity index (χ0v) is 12.8. The summed E-state index contributed by atoms with van der Waals surface area (Å²) in [6.45, 7) is 8.60. The van der Waals surface area contributed by atoms with Crippen molar-refractivity contribution in [1.29, 1.82) is 0 Å². The molecule has 0 radical (unpaired) electrons. The van der Waals surface area contributed by atoms with E-state index in [0.717, 1.165) is 24.4 Å². The number of carbonyl (C=O) groups is 1. The summed E-state index contributed by atoms with van der Waals surface area (Å²) in [6, 6.07) is 8.61. The fourth-order valence-electron chi connectivity index (χ4n) is 3.00. The number of fused-ring (bicyclic) bond motifs is 1. The van der Waals surface area contributed by atoms with Crippen LogP contribution in [0.3, 0.4) is 0 Å². The van der Waals surface area contributed by atoms with Crippen LogP contribution < -0.4 is 5.73 Å². The molecule has 3 rings (SSSR count). The first kappa shape index (κ1) is 14.1. The first-order valence-electron chi connectivity index (χ1n) is 7.34. The van der Waals surface area contributed by atoms with Crippen molar-refractivity contribution in [1.82, 2.24) is 14.5 Å². The average molecular weight is 286 g/mol. The van der Waals surface area contributed by atoms with Gasteiger partial charge in [-0.25, -0.2) is 4.98 Å². The van der Waals surface area contributed by atoms with E-state index in [4.69, 9.17) is 10.7 Å². The Balaban J connectivity index is 1.96. The van der Waals surface area contributed by atoms with Gasteiger partial charge in [0.1, 0.15) is 5.82 Å². The number of imidazole rings is 1. The van der Waals surface area contributed by atoms with E-state index in [2.05, 4.69) is 42.4 Å². The summed E-state index contributed by atoms with van der Waals surface area (Å²) < 4.78 is 2.34. The van der Waals surface area contributed by atoms with Crippen molar-refractivity contribution in [2.45, 2.75) is 32.2 Å². The topological polar surface area (TPSA) is 64.2 Å². The van der Waals surface area contributed by atoms with Crippen LogP contribution in [-0.4, -0.2) is 40.0 Å². The summed E-state index contributed by atoms with van der Waals surface area (Å²) in [5.74, 6) is 0.840. The fraction of sp³-hybridized carbons (Fsp3) is 0.500. The van der Waals surface area contributed by atoms with Crippen molar-refractivity contribution in [3.8, 4) is 0 Å². The summed E-state index contributed by atoms with van der Waals surface area (Å²) in [5.41, 5.74) is 7.46. The maximum atomic E-state index is 11.0. The zero-order chi connectivity index (χ0) is 15.2. The minimum atomic E-state index is -0.264. The second-order valence-corrected chi connectivity index (χ2v) is 6.86. The first-order chi connectivity index (χ1) is 9.86. The molecule has 0 bridgehead atoms. The van der Waals surface area contributed by atoms with Crippen molar-refractivity contribution in [3.05, 3.63) is 30.1 Å². The van der Waals surface area contributed by atoms with E-state index < -0.39 is 0 Å². The number of hydrogen-bond acceptors (Lipinski definition) is 3. The van der Waals surface area contributed by atoms with Gasteiger partial charge in [0.25, 0.3) is 0 Å². The molecule has 2 aromatic rings. The lowest BCUT2D eigenvalue weighted by Crippen LogP contribution is -2.51. The highest BCUT2D eigenvalue weighted by molar-refractivity contribution is 5.77. The Bertz CT molecular complexity index is 677. The molecule has 0 saturated carbocycles. The van der Waals surface area contributed by atoms with Crippen LogP contribution in [0.15, 0.2) is 24.3 Å². The molecule has 0 atom stereocenters. The molecular formula is C16H22N4O. The summed E-state index contributed by atoms with van der Waals surface area (Å²) >= 11 is 0. The zero-order valence-electron chi connectivity index (χ0n) is 12.8. The van der Waals surface area contributed by atoms with Gasteiger partial charge in [0.15, 0.2) is 0 Å². The van der Waals surface area contributed by atoms with Gasteiger partial charge in [-0.1, -0.05) is 32.9 Å². The second kappa shape index (κ2) is 4.84. The molecular weight excluding hydrogens is 264 g/mol. The minimum absolute atomic E-state index is 0.0108. The third kappa shape index (κ3) is 2.53. The van der Waals surface area contributed by atoms with E-state index in [1.165, 1.54) is 5.52 Å². The second-order valence-electron chi connectivity index (χ2n) is 6.86. The van der Waals surface area contributed by atoms with Crippen LogP contribution in [0.5, 0.6) is 0 Å². The number of carbonyl (C=O) groups excluding carboxylic acids is 1. The van der Waals surface area contributed by atoms with E-state index in [1.54, 1.807) is 0 Å². The highest BCUT2D eigenvalue weighted by atomic mass is 16.1. The largest absolute Gasteiger partial charge is 0.369 e. The molecule has 1 aromatic carbocycles. The summed E-state index contributed by atoms with van der Waals surface area (Å²) in [4.78, 5) is 17.9. The number of hydrogen-bond donors (Lipinski definition) is 1. The van der Waals surface area contributed by atoms with Gasteiger partial charge in [0, 0.05) is 18.5 Å². The predicted molar refractivity (Wildman–Crippen MR) is 83.1 cm³/mol. The van der Waals surface area contributed by atoms with Crippen LogP contribution in [0.1, 0.15) is 32.6 Å². The smallest absolute Gasteiger partial charge is 0.231 e. The Morgan fingerprint density at radius 3 is 2.62 bits per heavy atom. The molecule has 0 aliphatic carbocycles. The number of likely N-dealkylation sites (tertiary alicyclic amines) is 1. The average Bonchev–Trinajstić information content (AvgIpc) is 2.72. The molecule has 1 aromatic heterocycles. The molecule has 5 heteroatoms. The van der Waals surface area contributed by atoms with Crippen LogP contribution in [0.2, 0.25) is 0 Å². The first-order valence-corrected chi connectivity index (χ1v) is 7.34. The van der Waals surface area contributed by atoms with Crippen LogP contribution >= 0.6 is 0 Å². The van der Waals surface area contributed by atoms with E-state index in [-0.39, 0.29) is 11.3 Å². The Hall–Kier alpha value is -1.88. The highest BCUT2D eigenvalue weighted by Gasteiger charge is 2.34. The number of primary amides is 1. The Morgan fingerprint density at radius 2 is 2.00 bits per heavy atom. The summed E-state index contributed by atoms with van der Waals surface area (Å²) in [6.07, 6.45) is 0. The van der Waals surface area contributed by atoms with Gasteiger partial charge in [-0.2, -0.15) is 0 Å². The Morgan fingerprint density at radius 1 is 1.33 bits per heavy atom. The van der Waals surface area contributed by atoms with Crippen molar-refractivity contribution in [3.63, 3.8) is 0 Å². The summed E-state index contributed by atoms with van der Waals surface area (Å²) in [7, 11) is 0. The number of amides is 1. The molecule has 2 heterocycles. The van der Waals surface area contributed by atoms with E-state index in [9.17, 15) is 4.79 Å². The fourth-order valence-corrected chi connectivity index (χ4v) is 3.00. The quantitative estimate of drug-likeness (QED) is 0.933. The molecule has 1 saturated heterocycles. The molecule has 0 spiro atoms. The van der Waals surface area contributed by atoms with Gasteiger partial charge in [0.05, 0.1) is 23.6 Å². The van der Waals surface area contributed by atoms with Gasteiger partial charge >= 0.3 is 0 Å². The van der Waals surface area contributed by atoms with E-state index in [0.29, 0.717) is 12.6 Å². The molecule has 1 aliphatic heterocycles. The Kier molecular flexibility index (Phi) is 3.24. The van der Waals surface area contributed by atoms with Gasteiger partial charge in [-0.15, -0.1) is 0 Å². The highest BCUT2D eigenvalue weighted by Crippen LogP contribution is 2.33. The van der Waals surface area contributed by atoms with Gasteiger partial charge in [-0.05, 0) is 12.1 Å². The van der Waals surface area contributed by atoms with Gasteiger partial charge in [-0.3, -0.25) is 9.69 Å². The lowest BCUT2D eigenvalue weighted by molar-refractivity contribution is -0.120. The number of nitrogens with zero attached hydrogens (tertiary/aromatic N) is 3. The monoisotopic (exact) mass is 286 g/mol. The van der Waals surface area contributed by atoms with Crippen molar-refractivity contribution < 1.29 is 4.79 Å². The minimum Gasteiger partial charge on any atom is -0.369 e. The molecule has 112 valence electrons. The molecule has 0 unspecified atom stereocenters. The normalized spacial score (nSPS) is 17.1. The van der Waals surface area contributed by atoms with Gasteiger partial charge < -0.3 is 10.3 Å². The number of aromatic nitrogens is 2. The Labute approximate surface area is 124 Å².